The topological polar surface area (TPSA) is 33.0 Å². The Labute approximate surface area is 135 Å². The van der Waals surface area contributed by atoms with Gasteiger partial charge in [-0.2, -0.15) is 5.26 Å². The summed E-state index contributed by atoms with van der Waals surface area (Å²) >= 11 is 0. The highest BCUT2D eigenvalue weighted by atomic mass is 16.5. The largest absolute Gasteiger partial charge is 0.378 e. The highest BCUT2D eigenvalue weighted by molar-refractivity contribution is 5.33. The van der Waals surface area contributed by atoms with E-state index in [4.69, 9.17) is 10.00 Å². The number of benzene rings is 1. The first-order valence-corrected chi connectivity index (χ1v) is 8.95. The molecule has 0 heterocycles. The Bertz CT molecular complexity index is 452. The molecule has 0 saturated heterocycles. The minimum absolute atomic E-state index is 0.473. The molecule has 1 aromatic carbocycles. The van der Waals surface area contributed by atoms with Crippen molar-refractivity contribution in [2.24, 2.45) is 0 Å². The Morgan fingerprint density at radius 2 is 1.68 bits per heavy atom. The van der Waals surface area contributed by atoms with E-state index >= 15 is 0 Å². The van der Waals surface area contributed by atoms with Gasteiger partial charge in [0, 0.05) is 6.61 Å². The summed E-state index contributed by atoms with van der Waals surface area (Å²) < 4.78 is 6.04. The highest BCUT2D eigenvalue weighted by Crippen LogP contribution is 2.34. The van der Waals surface area contributed by atoms with E-state index < -0.39 is 0 Å². The van der Waals surface area contributed by atoms with Crippen LogP contribution in [-0.4, -0.2) is 12.7 Å². The molecular formula is C20H29NO. The molecule has 1 saturated carbocycles. The fraction of sp³-hybridized carbons (Fsp3) is 0.650. The van der Waals surface area contributed by atoms with E-state index in [0.29, 0.717) is 12.0 Å². The summed E-state index contributed by atoms with van der Waals surface area (Å²) in [5.74, 6) is 0.650. The van der Waals surface area contributed by atoms with Gasteiger partial charge in [-0.15, -0.1) is 0 Å². The molecule has 1 aliphatic carbocycles. The molecule has 2 heteroatoms. The summed E-state index contributed by atoms with van der Waals surface area (Å²) in [6.45, 7) is 3.19. The molecule has 0 aromatic heterocycles. The Morgan fingerprint density at radius 3 is 2.32 bits per heavy atom. The Hall–Kier alpha value is -1.33. The molecule has 0 N–H and O–H groups in total. The van der Waals surface area contributed by atoms with Gasteiger partial charge in [0.25, 0.3) is 0 Å². The van der Waals surface area contributed by atoms with Crippen molar-refractivity contribution in [3.8, 4) is 6.07 Å². The number of unbranched alkanes of at least 4 members (excludes halogenated alkanes) is 4. The summed E-state index contributed by atoms with van der Waals surface area (Å²) in [5.41, 5.74) is 2.14. The van der Waals surface area contributed by atoms with E-state index in [-0.39, 0.29) is 0 Å². The van der Waals surface area contributed by atoms with Crippen LogP contribution >= 0.6 is 0 Å². The number of hydrogen-bond acceptors (Lipinski definition) is 2. The van der Waals surface area contributed by atoms with Gasteiger partial charge in [-0.25, -0.2) is 0 Å². The van der Waals surface area contributed by atoms with Crippen molar-refractivity contribution >= 4 is 0 Å². The lowest BCUT2D eigenvalue weighted by molar-refractivity contribution is 0.0226. The lowest BCUT2D eigenvalue weighted by atomic mass is 9.82. The predicted octanol–water partition coefficient (Wildman–Crippen LogP) is 5.57. The molecule has 0 aliphatic heterocycles. The lowest BCUT2D eigenvalue weighted by Crippen LogP contribution is -2.21. The molecule has 1 aromatic rings. The van der Waals surface area contributed by atoms with Crippen molar-refractivity contribution < 1.29 is 4.74 Å². The van der Waals surface area contributed by atoms with Gasteiger partial charge in [-0.1, -0.05) is 44.7 Å². The first-order valence-electron chi connectivity index (χ1n) is 8.95. The molecule has 1 aliphatic rings. The third-order valence-corrected chi connectivity index (χ3v) is 4.79. The summed E-state index contributed by atoms with van der Waals surface area (Å²) in [6.07, 6.45) is 11.8. The zero-order chi connectivity index (χ0) is 15.6. The van der Waals surface area contributed by atoms with Crippen LogP contribution in [0, 0.1) is 11.3 Å². The lowest BCUT2D eigenvalue weighted by Gasteiger charge is -2.29. The molecule has 0 amide bonds. The first kappa shape index (κ1) is 17.0. The standard InChI is InChI=1S/C20H29NO/c1-2-3-4-5-6-15-22-20-13-11-19(12-14-20)18-9-7-17(16-21)8-10-18/h7-10,19-20H,2-6,11-15H2,1H3. The van der Waals surface area contributed by atoms with Gasteiger partial charge in [0.05, 0.1) is 17.7 Å². The van der Waals surface area contributed by atoms with Crippen molar-refractivity contribution in [1.29, 1.82) is 5.26 Å². The SMILES string of the molecule is CCCCCCCOC1CCC(c2ccc(C#N)cc2)CC1. The monoisotopic (exact) mass is 299 g/mol. The van der Waals surface area contributed by atoms with Crippen LogP contribution in [0.15, 0.2) is 24.3 Å². The van der Waals surface area contributed by atoms with Gasteiger partial charge in [0.1, 0.15) is 0 Å². The van der Waals surface area contributed by atoms with E-state index in [1.54, 1.807) is 0 Å². The van der Waals surface area contributed by atoms with E-state index in [9.17, 15) is 0 Å². The number of nitrogens with zero attached hydrogens (tertiary/aromatic N) is 1. The van der Waals surface area contributed by atoms with E-state index in [2.05, 4.69) is 25.1 Å². The van der Waals surface area contributed by atoms with Gasteiger partial charge >= 0.3 is 0 Å². The summed E-state index contributed by atoms with van der Waals surface area (Å²) in [7, 11) is 0. The minimum Gasteiger partial charge on any atom is -0.378 e. The highest BCUT2D eigenvalue weighted by Gasteiger charge is 2.22. The second-order valence-corrected chi connectivity index (χ2v) is 6.49. The van der Waals surface area contributed by atoms with Crippen LogP contribution in [0.25, 0.3) is 0 Å². The molecule has 0 unspecified atom stereocenters. The van der Waals surface area contributed by atoms with Crippen LogP contribution in [0.2, 0.25) is 0 Å². The molecule has 0 bridgehead atoms. The van der Waals surface area contributed by atoms with E-state index in [1.807, 2.05) is 12.1 Å². The van der Waals surface area contributed by atoms with Crippen molar-refractivity contribution in [3.63, 3.8) is 0 Å². The fourth-order valence-corrected chi connectivity index (χ4v) is 3.35. The van der Waals surface area contributed by atoms with Gasteiger partial charge in [0.15, 0.2) is 0 Å². The average molecular weight is 299 g/mol. The second-order valence-electron chi connectivity index (χ2n) is 6.49. The van der Waals surface area contributed by atoms with Crippen LogP contribution in [0.5, 0.6) is 0 Å². The Balaban J connectivity index is 1.64. The van der Waals surface area contributed by atoms with Crippen LogP contribution < -0.4 is 0 Å². The molecule has 0 spiro atoms. The van der Waals surface area contributed by atoms with Crippen molar-refractivity contribution in [1.82, 2.24) is 0 Å². The van der Waals surface area contributed by atoms with Gasteiger partial charge in [0.2, 0.25) is 0 Å². The fourth-order valence-electron chi connectivity index (χ4n) is 3.35. The molecule has 1 fully saturated rings. The third kappa shape index (κ3) is 5.46. The van der Waals surface area contributed by atoms with E-state index in [0.717, 1.165) is 12.2 Å². The maximum atomic E-state index is 8.86. The average Bonchev–Trinajstić information content (AvgIpc) is 2.59. The Kier molecular flexibility index (Phi) is 7.46. The predicted molar refractivity (Wildman–Crippen MR) is 90.9 cm³/mol. The maximum absolute atomic E-state index is 8.86. The van der Waals surface area contributed by atoms with Gasteiger partial charge in [-0.05, 0) is 55.7 Å². The third-order valence-electron chi connectivity index (χ3n) is 4.79. The van der Waals surface area contributed by atoms with Crippen LogP contribution in [-0.2, 0) is 4.74 Å². The molecule has 120 valence electrons. The number of hydrogen-bond donors (Lipinski definition) is 0. The summed E-state index contributed by atoms with van der Waals surface area (Å²) in [5, 5.41) is 8.86. The molecule has 0 radical (unpaired) electrons. The smallest absolute Gasteiger partial charge is 0.0991 e. The second kappa shape index (κ2) is 9.64. The summed E-state index contributed by atoms with van der Waals surface area (Å²) in [6, 6.07) is 10.3. The molecule has 22 heavy (non-hydrogen) atoms. The van der Waals surface area contributed by atoms with Crippen LogP contribution in [0.4, 0.5) is 0 Å². The van der Waals surface area contributed by atoms with Gasteiger partial charge < -0.3 is 4.74 Å². The number of rotatable bonds is 8. The quantitative estimate of drug-likeness (QED) is 0.588. The maximum Gasteiger partial charge on any atom is 0.0991 e. The van der Waals surface area contributed by atoms with Crippen molar-refractivity contribution in [2.75, 3.05) is 6.61 Å². The van der Waals surface area contributed by atoms with Crippen LogP contribution in [0.1, 0.15) is 81.8 Å². The van der Waals surface area contributed by atoms with Crippen molar-refractivity contribution in [2.45, 2.75) is 76.7 Å². The minimum atomic E-state index is 0.473. The van der Waals surface area contributed by atoms with Gasteiger partial charge in [-0.3, -0.25) is 0 Å². The number of nitriles is 1. The van der Waals surface area contributed by atoms with Crippen molar-refractivity contribution in [3.05, 3.63) is 35.4 Å². The Morgan fingerprint density at radius 1 is 1.00 bits per heavy atom. The summed E-state index contributed by atoms with van der Waals surface area (Å²) in [4.78, 5) is 0. The molecule has 2 nitrogen and oxygen atoms in total. The van der Waals surface area contributed by atoms with E-state index in [1.165, 1.54) is 63.4 Å². The zero-order valence-electron chi connectivity index (χ0n) is 13.9. The normalized spacial score (nSPS) is 21.5. The number of ether oxygens (including phenoxy) is 1. The molecular weight excluding hydrogens is 270 g/mol. The first-order chi connectivity index (χ1) is 10.8. The van der Waals surface area contributed by atoms with Crippen LogP contribution in [0.3, 0.4) is 0 Å². The molecule has 2 rings (SSSR count). The molecule has 0 atom stereocenters. The zero-order valence-corrected chi connectivity index (χ0v) is 13.9.